The molecular formula is C26H45NO2. The third-order valence-electron chi connectivity index (χ3n) is 8.27. The Hall–Kier alpha value is -0.590. The first-order valence-corrected chi connectivity index (χ1v) is 12.8. The molecule has 2 saturated carbocycles. The summed E-state index contributed by atoms with van der Waals surface area (Å²) in [6, 6.07) is 2.50. The van der Waals surface area contributed by atoms with Crippen LogP contribution in [-0.2, 0) is 9.47 Å². The molecule has 0 N–H and O–H groups in total. The van der Waals surface area contributed by atoms with Crippen molar-refractivity contribution in [1.29, 1.82) is 5.26 Å². The number of rotatable bonds is 9. The van der Waals surface area contributed by atoms with E-state index < -0.39 is 5.41 Å². The molecule has 3 heteroatoms. The van der Waals surface area contributed by atoms with Gasteiger partial charge in [0.1, 0.15) is 5.41 Å². The molecule has 0 aromatic heterocycles. The molecule has 29 heavy (non-hydrogen) atoms. The maximum atomic E-state index is 9.61. The van der Waals surface area contributed by atoms with E-state index in [1.165, 1.54) is 77.0 Å². The standard InChI is InChI=1S/C26H45NO2/c1-3-5-7-8-21-9-11-22(12-10-21)23-13-15-24(16-14-23)25-28-19-26(18-27,20-29-25)17-6-4-2/h21-25H,3-17,19-20H2,1-2H3. The molecule has 0 radical (unpaired) electrons. The first-order chi connectivity index (χ1) is 14.2. The zero-order valence-corrected chi connectivity index (χ0v) is 19.2. The maximum Gasteiger partial charge on any atom is 0.160 e. The van der Waals surface area contributed by atoms with Crippen molar-refractivity contribution in [3.8, 4) is 6.07 Å². The van der Waals surface area contributed by atoms with E-state index >= 15 is 0 Å². The molecule has 0 unspecified atom stereocenters. The van der Waals surface area contributed by atoms with Crippen LogP contribution in [0, 0.1) is 40.4 Å². The molecule has 3 rings (SSSR count). The molecule has 0 spiro atoms. The molecule has 0 aromatic rings. The first kappa shape index (κ1) is 23.1. The second-order valence-corrected chi connectivity index (χ2v) is 10.4. The fraction of sp³-hybridized carbons (Fsp3) is 0.962. The Morgan fingerprint density at radius 2 is 1.31 bits per heavy atom. The van der Waals surface area contributed by atoms with Crippen molar-refractivity contribution >= 4 is 0 Å². The number of nitrogens with zero attached hydrogens (tertiary/aromatic N) is 1. The van der Waals surface area contributed by atoms with Crippen LogP contribution in [0.3, 0.4) is 0 Å². The minimum Gasteiger partial charge on any atom is -0.351 e. The SMILES string of the molecule is CCCCCC1CCC(C2CCC(C3OCC(C#N)(CCCC)CO3)CC2)CC1. The van der Waals surface area contributed by atoms with Gasteiger partial charge in [0.2, 0.25) is 0 Å². The van der Waals surface area contributed by atoms with E-state index in [9.17, 15) is 5.26 Å². The van der Waals surface area contributed by atoms with Gasteiger partial charge in [-0.05, 0) is 62.7 Å². The van der Waals surface area contributed by atoms with Gasteiger partial charge in [-0.1, -0.05) is 65.2 Å². The summed E-state index contributed by atoms with van der Waals surface area (Å²) < 4.78 is 12.2. The molecule has 1 heterocycles. The highest BCUT2D eigenvalue weighted by atomic mass is 16.7. The lowest BCUT2D eigenvalue weighted by molar-refractivity contribution is -0.244. The highest BCUT2D eigenvalue weighted by molar-refractivity contribution is 5.00. The molecule has 3 nitrogen and oxygen atoms in total. The van der Waals surface area contributed by atoms with Crippen LogP contribution >= 0.6 is 0 Å². The fourth-order valence-electron chi connectivity index (χ4n) is 6.15. The summed E-state index contributed by atoms with van der Waals surface area (Å²) in [5.41, 5.74) is -0.403. The Kier molecular flexibility index (Phi) is 9.32. The van der Waals surface area contributed by atoms with Gasteiger partial charge >= 0.3 is 0 Å². The molecule has 3 aliphatic rings. The molecule has 2 aliphatic carbocycles. The van der Waals surface area contributed by atoms with Crippen molar-refractivity contribution in [2.45, 2.75) is 116 Å². The quantitative estimate of drug-likeness (QED) is 0.381. The average Bonchev–Trinajstić information content (AvgIpc) is 2.79. The smallest absolute Gasteiger partial charge is 0.160 e. The summed E-state index contributed by atoms with van der Waals surface area (Å²) in [6.45, 7) is 5.62. The topological polar surface area (TPSA) is 42.2 Å². The van der Waals surface area contributed by atoms with E-state index in [2.05, 4.69) is 19.9 Å². The van der Waals surface area contributed by atoms with Crippen molar-refractivity contribution in [3.05, 3.63) is 0 Å². The minimum atomic E-state index is -0.403. The van der Waals surface area contributed by atoms with E-state index in [1.807, 2.05) is 0 Å². The van der Waals surface area contributed by atoms with E-state index in [4.69, 9.17) is 9.47 Å². The van der Waals surface area contributed by atoms with Crippen molar-refractivity contribution in [2.24, 2.45) is 29.1 Å². The van der Waals surface area contributed by atoms with E-state index in [1.54, 1.807) is 0 Å². The molecule has 0 atom stereocenters. The minimum absolute atomic E-state index is 0.0617. The predicted octanol–water partition coefficient (Wildman–Crippen LogP) is 7.25. The van der Waals surface area contributed by atoms with Crippen LogP contribution in [0.15, 0.2) is 0 Å². The van der Waals surface area contributed by atoms with Gasteiger partial charge in [0.15, 0.2) is 6.29 Å². The summed E-state index contributed by atoms with van der Waals surface area (Å²) in [5.74, 6) is 3.48. The Labute approximate surface area is 179 Å². The summed E-state index contributed by atoms with van der Waals surface area (Å²) in [6.07, 6.45) is 19.9. The van der Waals surface area contributed by atoms with Gasteiger partial charge in [-0.15, -0.1) is 0 Å². The molecule has 0 bridgehead atoms. The Morgan fingerprint density at radius 1 is 0.759 bits per heavy atom. The second kappa shape index (κ2) is 11.7. The third kappa shape index (κ3) is 6.44. The zero-order chi connectivity index (χ0) is 20.5. The molecule has 1 saturated heterocycles. The number of ether oxygens (including phenoxy) is 2. The third-order valence-corrected chi connectivity index (χ3v) is 8.27. The van der Waals surface area contributed by atoms with Crippen LogP contribution in [0.25, 0.3) is 0 Å². The van der Waals surface area contributed by atoms with Gasteiger partial charge in [-0.25, -0.2) is 0 Å². The fourth-order valence-corrected chi connectivity index (χ4v) is 6.15. The average molecular weight is 404 g/mol. The Balaban J connectivity index is 1.36. The monoisotopic (exact) mass is 403 g/mol. The van der Waals surface area contributed by atoms with Crippen molar-refractivity contribution in [3.63, 3.8) is 0 Å². The van der Waals surface area contributed by atoms with E-state index in [-0.39, 0.29) is 6.29 Å². The molecule has 3 fully saturated rings. The maximum absolute atomic E-state index is 9.61. The number of hydrogen-bond donors (Lipinski definition) is 0. The van der Waals surface area contributed by atoms with Gasteiger partial charge in [-0.2, -0.15) is 5.26 Å². The van der Waals surface area contributed by atoms with Crippen LogP contribution in [-0.4, -0.2) is 19.5 Å². The lowest BCUT2D eigenvalue weighted by Gasteiger charge is -2.42. The summed E-state index contributed by atoms with van der Waals surface area (Å²) in [4.78, 5) is 0. The molecule has 0 aromatic carbocycles. The number of nitriles is 1. The molecule has 1 aliphatic heterocycles. The lowest BCUT2D eigenvalue weighted by atomic mass is 9.68. The summed E-state index contributed by atoms with van der Waals surface area (Å²) >= 11 is 0. The van der Waals surface area contributed by atoms with Gasteiger partial charge in [-0.3, -0.25) is 0 Å². The highest BCUT2D eigenvalue weighted by Crippen LogP contribution is 2.44. The van der Waals surface area contributed by atoms with Gasteiger partial charge in [0.25, 0.3) is 0 Å². The highest BCUT2D eigenvalue weighted by Gasteiger charge is 2.41. The van der Waals surface area contributed by atoms with Crippen LogP contribution < -0.4 is 0 Å². The molecule has 0 amide bonds. The van der Waals surface area contributed by atoms with Crippen molar-refractivity contribution < 1.29 is 9.47 Å². The normalized spacial score (nSPS) is 38.4. The predicted molar refractivity (Wildman–Crippen MR) is 118 cm³/mol. The van der Waals surface area contributed by atoms with Gasteiger partial charge in [0.05, 0.1) is 19.3 Å². The van der Waals surface area contributed by atoms with Gasteiger partial charge < -0.3 is 9.47 Å². The molecule has 166 valence electrons. The second-order valence-electron chi connectivity index (χ2n) is 10.4. The van der Waals surface area contributed by atoms with Crippen LogP contribution in [0.1, 0.15) is 110 Å². The number of hydrogen-bond acceptors (Lipinski definition) is 3. The van der Waals surface area contributed by atoms with Crippen LogP contribution in [0.2, 0.25) is 0 Å². The largest absolute Gasteiger partial charge is 0.351 e. The molecular weight excluding hydrogens is 358 g/mol. The number of unbranched alkanes of at least 4 members (excludes halogenated alkanes) is 3. The first-order valence-electron chi connectivity index (χ1n) is 12.8. The summed E-state index contributed by atoms with van der Waals surface area (Å²) in [5, 5.41) is 9.61. The lowest BCUT2D eigenvalue weighted by Crippen LogP contribution is -2.44. The van der Waals surface area contributed by atoms with E-state index in [0.717, 1.165) is 37.0 Å². The Morgan fingerprint density at radius 3 is 1.86 bits per heavy atom. The summed E-state index contributed by atoms with van der Waals surface area (Å²) in [7, 11) is 0. The van der Waals surface area contributed by atoms with Crippen LogP contribution in [0.5, 0.6) is 0 Å². The Bertz CT molecular complexity index is 489. The zero-order valence-electron chi connectivity index (χ0n) is 19.2. The van der Waals surface area contributed by atoms with Crippen molar-refractivity contribution in [1.82, 2.24) is 0 Å². The van der Waals surface area contributed by atoms with E-state index in [0.29, 0.717) is 19.1 Å². The van der Waals surface area contributed by atoms with Crippen LogP contribution in [0.4, 0.5) is 0 Å². The van der Waals surface area contributed by atoms with Crippen molar-refractivity contribution in [2.75, 3.05) is 13.2 Å². The van der Waals surface area contributed by atoms with Gasteiger partial charge in [0, 0.05) is 5.92 Å².